The Labute approximate surface area is 80.0 Å². The van der Waals surface area contributed by atoms with Crippen molar-refractivity contribution in [3.8, 4) is 0 Å². The summed E-state index contributed by atoms with van der Waals surface area (Å²) >= 11 is 0. The van der Waals surface area contributed by atoms with E-state index in [-0.39, 0.29) is 0 Å². The summed E-state index contributed by atoms with van der Waals surface area (Å²) in [4.78, 5) is 0. The predicted molar refractivity (Wildman–Crippen MR) is 55.2 cm³/mol. The normalized spacial score (nSPS) is 11.4. The van der Waals surface area contributed by atoms with Gasteiger partial charge in [-0.1, -0.05) is 30.3 Å². The summed E-state index contributed by atoms with van der Waals surface area (Å²) in [5.74, 6) is 0. The molecule has 0 aromatic heterocycles. The van der Waals surface area contributed by atoms with Crippen LogP contribution in [-0.2, 0) is 11.2 Å². The summed E-state index contributed by atoms with van der Waals surface area (Å²) in [6.07, 6.45) is 2.59. The van der Waals surface area contributed by atoms with E-state index in [9.17, 15) is 0 Å². The van der Waals surface area contributed by atoms with Crippen LogP contribution in [-0.4, -0.2) is 6.61 Å². The molecule has 0 heterocycles. The first-order valence-electron chi connectivity index (χ1n) is 4.49. The number of hydrogen-bond donors (Lipinski definition) is 0. The molecule has 0 aliphatic heterocycles. The van der Waals surface area contributed by atoms with E-state index in [1.807, 2.05) is 25.1 Å². The molecule has 1 aromatic rings. The van der Waals surface area contributed by atoms with Gasteiger partial charge >= 0.3 is 0 Å². The van der Waals surface area contributed by atoms with Gasteiger partial charge in [-0.15, -0.1) is 0 Å². The lowest BCUT2D eigenvalue weighted by atomic mass is 10.1. The molecule has 1 radical (unpaired) electrons. The van der Waals surface area contributed by atoms with Gasteiger partial charge in [0.1, 0.15) is 0 Å². The lowest BCUT2D eigenvalue weighted by molar-refractivity contribution is 0.266. The molecule has 1 heteroatoms. The summed E-state index contributed by atoms with van der Waals surface area (Å²) in [7, 11) is 0. The molecule has 0 bridgehead atoms. The molecule has 0 saturated carbocycles. The van der Waals surface area contributed by atoms with Gasteiger partial charge in [-0.25, -0.2) is 0 Å². The molecule has 0 N–H and O–H groups in total. The highest BCUT2D eigenvalue weighted by atomic mass is 16.5. The molecule has 0 amide bonds. The molecule has 1 nitrogen and oxygen atoms in total. The van der Waals surface area contributed by atoms with Gasteiger partial charge in [0, 0.05) is 0 Å². The van der Waals surface area contributed by atoms with Gasteiger partial charge in [0.15, 0.2) is 0 Å². The molecule has 0 saturated heterocycles. The summed E-state index contributed by atoms with van der Waals surface area (Å²) < 4.78 is 5.14. The number of hydrogen-bond acceptors (Lipinski definition) is 1. The van der Waals surface area contributed by atoms with Crippen molar-refractivity contribution in [3.05, 3.63) is 54.7 Å². The quantitative estimate of drug-likeness (QED) is 0.639. The zero-order valence-electron chi connectivity index (χ0n) is 7.99. The molecular weight excluding hydrogens is 160 g/mol. The Morgan fingerprint density at radius 3 is 2.69 bits per heavy atom. The van der Waals surface area contributed by atoms with Crippen molar-refractivity contribution < 1.29 is 4.74 Å². The molecule has 69 valence electrons. The van der Waals surface area contributed by atoms with Crippen LogP contribution in [0.15, 0.2) is 42.2 Å². The maximum atomic E-state index is 5.14. The highest BCUT2D eigenvalue weighted by Gasteiger charge is 1.93. The van der Waals surface area contributed by atoms with Crippen molar-refractivity contribution in [1.82, 2.24) is 0 Å². The van der Waals surface area contributed by atoms with Crippen molar-refractivity contribution in [1.29, 1.82) is 0 Å². The van der Waals surface area contributed by atoms with Crippen molar-refractivity contribution in [2.45, 2.75) is 13.3 Å². The average molecular weight is 175 g/mol. The summed E-state index contributed by atoms with van der Waals surface area (Å²) in [6.45, 7) is 6.57. The SMILES string of the molecule is [CH2]C(=COCC)Cc1ccccc1. The van der Waals surface area contributed by atoms with E-state index >= 15 is 0 Å². The Hall–Kier alpha value is -1.24. The van der Waals surface area contributed by atoms with Crippen LogP contribution in [0.25, 0.3) is 0 Å². The number of allylic oxidation sites excluding steroid dienone is 1. The monoisotopic (exact) mass is 175 g/mol. The van der Waals surface area contributed by atoms with Crippen molar-refractivity contribution in [2.75, 3.05) is 6.61 Å². The Morgan fingerprint density at radius 1 is 1.38 bits per heavy atom. The second-order valence-corrected chi connectivity index (χ2v) is 2.89. The maximum Gasteiger partial charge on any atom is 0.0845 e. The van der Waals surface area contributed by atoms with Gasteiger partial charge in [0.2, 0.25) is 0 Å². The third-order valence-electron chi connectivity index (χ3n) is 1.69. The Bertz CT molecular complexity index is 262. The van der Waals surface area contributed by atoms with Gasteiger partial charge < -0.3 is 4.74 Å². The lowest BCUT2D eigenvalue weighted by Gasteiger charge is -2.01. The Morgan fingerprint density at radius 2 is 2.08 bits per heavy atom. The minimum absolute atomic E-state index is 0.702. The van der Waals surface area contributed by atoms with E-state index in [1.54, 1.807) is 6.26 Å². The van der Waals surface area contributed by atoms with E-state index in [2.05, 4.69) is 19.1 Å². The standard InChI is InChI=1S/C12H15O/c1-3-13-10-11(2)9-12-7-5-4-6-8-12/h4-8,10H,2-3,9H2,1H3. The molecule has 0 unspecified atom stereocenters. The third-order valence-corrected chi connectivity index (χ3v) is 1.69. The zero-order chi connectivity index (χ0) is 9.52. The molecule has 0 aliphatic carbocycles. The predicted octanol–water partition coefficient (Wildman–Crippen LogP) is 2.98. The summed E-state index contributed by atoms with van der Waals surface area (Å²) in [5.41, 5.74) is 2.27. The number of ether oxygens (including phenoxy) is 1. The van der Waals surface area contributed by atoms with Gasteiger partial charge in [-0.2, -0.15) is 0 Å². The molecule has 13 heavy (non-hydrogen) atoms. The van der Waals surface area contributed by atoms with Gasteiger partial charge in [0.25, 0.3) is 0 Å². The first-order valence-corrected chi connectivity index (χ1v) is 4.49. The highest BCUT2D eigenvalue weighted by molar-refractivity contribution is 5.22. The van der Waals surface area contributed by atoms with Crippen LogP contribution in [0.2, 0.25) is 0 Å². The molecule has 1 aromatic carbocycles. The third kappa shape index (κ3) is 3.79. The number of benzene rings is 1. The van der Waals surface area contributed by atoms with Crippen LogP contribution in [0.1, 0.15) is 12.5 Å². The van der Waals surface area contributed by atoms with Gasteiger partial charge in [-0.05, 0) is 31.4 Å². The van der Waals surface area contributed by atoms with Crippen molar-refractivity contribution >= 4 is 0 Å². The van der Waals surface area contributed by atoms with Crippen LogP contribution in [0.3, 0.4) is 0 Å². The topological polar surface area (TPSA) is 9.23 Å². The molecule has 0 fully saturated rings. The Balaban J connectivity index is 2.50. The smallest absolute Gasteiger partial charge is 0.0845 e. The van der Waals surface area contributed by atoms with Gasteiger partial charge in [0.05, 0.1) is 12.9 Å². The van der Waals surface area contributed by atoms with E-state index in [1.165, 1.54) is 5.56 Å². The molecule has 0 aliphatic rings. The second kappa shape index (κ2) is 5.41. The first-order chi connectivity index (χ1) is 6.33. The van der Waals surface area contributed by atoms with E-state index < -0.39 is 0 Å². The first kappa shape index (κ1) is 9.85. The summed E-state index contributed by atoms with van der Waals surface area (Å²) in [5, 5.41) is 0. The van der Waals surface area contributed by atoms with Crippen molar-refractivity contribution in [2.24, 2.45) is 0 Å². The maximum absolute atomic E-state index is 5.14. The van der Waals surface area contributed by atoms with Crippen LogP contribution < -0.4 is 0 Å². The fourth-order valence-corrected chi connectivity index (χ4v) is 1.10. The highest BCUT2D eigenvalue weighted by Crippen LogP contribution is 2.06. The van der Waals surface area contributed by atoms with Crippen LogP contribution in [0.5, 0.6) is 0 Å². The molecule has 0 atom stereocenters. The molecular formula is C12H15O. The van der Waals surface area contributed by atoms with E-state index in [4.69, 9.17) is 4.74 Å². The van der Waals surface area contributed by atoms with Crippen LogP contribution in [0.4, 0.5) is 0 Å². The summed E-state index contributed by atoms with van der Waals surface area (Å²) in [6, 6.07) is 10.3. The van der Waals surface area contributed by atoms with Crippen LogP contribution >= 0.6 is 0 Å². The second-order valence-electron chi connectivity index (χ2n) is 2.89. The average Bonchev–Trinajstić information content (AvgIpc) is 2.16. The minimum Gasteiger partial charge on any atom is -0.502 e. The molecule has 1 rings (SSSR count). The Kier molecular flexibility index (Phi) is 4.10. The van der Waals surface area contributed by atoms with Crippen molar-refractivity contribution in [3.63, 3.8) is 0 Å². The lowest BCUT2D eigenvalue weighted by Crippen LogP contribution is -1.88. The minimum atomic E-state index is 0.702. The van der Waals surface area contributed by atoms with E-state index in [0.717, 1.165) is 12.0 Å². The fourth-order valence-electron chi connectivity index (χ4n) is 1.10. The molecule has 0 spiro atoms. The van der Waals surface area contributed by atoms with Gasteiger partial charge in [-0.3, -0.25) is 0 Å². The van der Waals surface area contributed by atoms with E-state index in [0.29, 0.717) is 6.61 Å². The number of rotatable bonds is 4. The zero-order valence-corrected chi connectivity index (χ0v) is 7.99. The van der Waals surface area contributed by atoms with Crippen LogP contribution in [0, 0.1) is 6.92 Å². The fraction of sp³-hybridized carbons (Fsp3) is 0.250. The largest absolute Gasteiger partial charge is 0.502 e.